The zero-order valence-electron chi connectivity index (χ0n) is 27.4. The van der Waals surface area contributed by atoms with Crippen molar-refractivity contribution in [2.75, 3.05) is 13.1 Å². The smallest absolute Gasteiger partial charge is 0.326 e. The van der Waals surface area contributed by atoms with Gasteiger partial charge in [0.15, 0.2) is 17.6 Å². The molecule has 7 heterocycles. The van der Waals surface area contributed by atoms with E-state index in [1.807, 2.05) is 0 Å². The highest BCUT2D eigenvalue weighted by Gasteiger charge is 2.23. The number of aromatic nitrogens is 6. The van der Waals surface area contributed by atoms with Crippen molar-refractivity contribution in [2.24, 2.45) is 0 Å². The monoisotopic (exact) mass is 742 g/mol. The van der Waals surface area contributed by atoms with Crippen LogP contribution in [-0.2, 0) is 4.79 Å². The van der Waals surface area contributed by atoms with Gasteiger partial charge in [0.25, 0.3) is 17.7 Å². The van der Waals surface area contributed by atoms with E-state index in [-0.39, 0.29) is 30.6 Å². The summed E-state index contributed by atoms with van der Waals surface area (Å²) in [6.45, 7) is 3.58. The number of hydrogen-bond donors (Lipinski definition) is 6. The van der Waals surface area contributed by atoms with Crippen LogP contribution in [0.3, 0.4) is 0 Å². The van der Waals surface area contributed by atoms with Crippen LogP contribution >= 0.6 is 22.7 Å². The Kier molecular flexibility index (Phi) is 10.6. The number of carbonyl (C=O) groups is 5. The molecule has 1 aliphatic heterocycles. The van der Waals surface area contributed by atoms with Crippen LogP contribution in [-0.4, -0.2) is 94.7 Å². The van der Waals surface area contributed by atoms with E-state index in [1.165, 1.54) is 39.5 Å². The maximum atomic E-state index is 12.1. The maximum absolute atomic E-state index is 12.1. The molecule has 19 heteroatoms. The lowest BCUT2D eigenvalue weighted by Gasteiger charge is -2.05. The zero-order valence-corrected chi connectivity index (χ0v) is 29.1. The van der Waals surface area contributed by atoms with Crippen LogP contribution in [0.2, 0.25) is 0 Å². The number of carbonyl (C=O) groups excluding carboxylic acids is 5. The molecule has 0 aromatic carbocycles. The standard InChI is InChI=1S/C18H16N6O4S.C15H14N4O3S/c1-9(25)7-19-17(27)14-3-2-13(29-14)11-4-5-24-15(21-11)10(8-20-24)6-12-16(26)23-18(28)22-12;1-9(21)6-16-15(22)13-3-2-12(23-13)11-4-5-19-14(18-11)10(8-20)7-17-19/h2-6,8-9,25H,7H2,1H3,(H,19,27)(H2,22,23,26,28);2-5,7-9,21H,6H2,1H3,(H,16,22)/b12-6+;. The largest absolute Gasteiger partial charge is 0.392 e. The molecule has 6 aromatic rings. The Balaban J connectivity index is 0.000000183. The zero-order chi connectivity index (χ0) is 36.9. The normalized spacial score (nSPS) is 14.4. The molecule has 1 aliphatic rings. The number of aliphatic hydroxyl groups excluding tert-OH is 2. The molecule has 2 atom stereocenters. The fraction of sp³-hybridized carbons (Fsp3) is 0.182. The van der Waals surface area contributed by atoms with Crippen LogP contribution in [0.1, 0.15) is 49.1 Å². The number of imide groups is 1. The molecule has 17 nitrogen and oxygen atoms in total. The predicted octanol–water partition coefficient (Wildman–Crippen LogP) is 2.13. The summed E-state index contributed by atoms with van der Waals surface area (Å²) in [6, 6.07) is 9.97. The summed E-state index contributed by atoms with van der Waals surface area (Å²) >= 11 is 2.57. The number of aldehydes is 1. The number of aliphatic hydroxyl groups is 2. The number of thiophene rings is 2. The molecular formula is C33H30N10O7S2. The molecule has 0 spiro atoms. The number of nitrogens with one attached hydrogen (secondary N) is 4. The van der Waals surface area contributed by atoms with Gasteiger partial charge >= 0.3 is 6.03 Å². The van der Waals surface area contributed by atoms with Crippen molar-refractivity contribution in [1.82, 2.24) is 50.5 Å². The van der Waals surface area contributed by atoms with Crippen LogP contribution < -0.4 is 21.3 Å². The quantitative estimate of drug-likeness (QED) is 0.0676. The van der Waals surface area contributed by atoms with Crippen molar-refractivity contribution in [1.29, 1.82) is 0 Å². The highest BCUT2D eigenvalue weighted by Crippen LogP contribution is 2.29. The van der Waals surface area contributed by atoms with Gasteiger partial charge in [0.2, 0.25) is 0 Å². The molecule has 52 heavy (non-hydrogen) atoms. The summed E-state index contributed by atoms with van der Waals surface area (Å²) < 4.78 is 3.07. The number of fused-ring (bicyclic) bond motifs is 2. The first-order chi connectivity index (χ1) is 25.0. The number of hydrogen-bond acceptors (Lipinski definition) is 13. The molecule has 7 rings (SSSR count). The SMILES string of the molecule is CC(O)CNC(=O)c1ccc(-c2ccn3ncc(/C=C4/NC(=O)NC4=O)c3n2)s1.CC(O)CNC(=O)c1ccc(-c2ccn3ncc(C=O)c3n2)s1. The molecular weight excluding hydrogens is 713 g/mol. The molecule has 1 fully saturated rings. The molecule has 6 N–H and O–H groups in total. The Labute approximate surface area is 302 Å². The Bertz CT molecular complexity index is 2350. The Morgan fingerprint density at radius 1 is 0.788 bits per heavy atom. The second-order valence-corrected chi connectivity index (χ2v) is 13.6. The van der Waals surface area contributed by atoms with Gasteiger partial charge in [-0.25, -0.2) is 23.8 Å². The Hall–Kier alpha value is -6.15. The van der Waals surface area contributed by atoms with Crippen molar-refractivity contribution in [2.45, 2.75) is 26.1 Å². The van der Waals surface area contributed by atoms with E-state index in [2.05, 4.69) is 41.4 Å². The number of amides is 5. The van der Waals surface area contributed by atoms with E-state index < -0.39 is 24.1 Å². The van der Waals surface area contributed by atoms with Crippen LogP contribution in [0.5, 0.6) is 0 Å². The highest BCUT2D eigenvalue weighted by molar-refractivity contribution is 7.17. The average Bonchev–Trinajstić information content (AvgIpc) is 3.97. The Morgan fingerprint density at radius 3 is 1.75 bits per heavy atom. The fourth-order valence-corrected chi connectivity index (χ4v) is 6.50. The number of urea groups is 1. The molecule has 6 aromatic heterocycles. The van der Waals surface area contributed by atoms with E-state index >= 15 is 0 Å². The molecule has 5 amide bonds. The van der Waals surface area contributed by atoms with Crippen molar-refractivity contribution in [3.63, 3.8) is 0 Å². The third-order valence-electron chi connectivity index (χ3n) is 7.22. The molecule has 266 valence electrons. The first kappa shape index (κ1) is 35.7. The average molecular weight is 743 g/mol. The lowest BCUT2D eigenvalue weighted by Crippen LogP contribution is -2.29. The summed E-state index contributed by atoms with van der Waals surface area (Å²) in [6.07, 6.45) is 7.44. The highest BCUT2D eigenvalue weighted by atomic mass is 32.1. The van der Waals surface area contributed by atoms with E-state index in [9.17, 15) is 34.2 Å². The second-order valence-electron chi connectivity index (χ2n) is 11.4. The van der Waals surface area contributed by atoms with Crippen LogP contribution in [0.4, 0.5) is 4.79 Å². The van der Waals surface area contributed by atoms with E-state index in [1.54, 1.807) is 73.4 Å². The third kappa shape index (κ3) is 8.08. The van der Waals surface area contributed by atoms with E-state index in [0.717, 1.165) is 9.75 Å². The van der Waals surface area contributed by atoms with Gasteiger partial charge in [-0.05, 0) is 56.3 Å². The number of rotatable bonds is 10. The fourth-order valence-electron chi connectivity index (χ4n) is 4.72. The first-order valence-electron chi connectivity index (χ1n) is 15.6. The molecule has 0 saturated carbocycles. The van der Waals surface area contributed by atoms with Gasteiger partial charge in [0.1, 0.15) is 5.70 Å². The molecule has 1 saturated heterocycles. The van der Waals surface area contributed by atoms with Gasteiger partial charge < -0.3 is 26.2 Å². The minimum Gasteiger partial charge on any atom is -0.392 e. The first-order valence-corrected chi connectivity index (χ1v) is 17.2. The molecule has 0 radical (unpaired) electrons. The Morgan fingerprint density at radius 2 is 1.29 bits per heavy atom. The van der Waals surface area contributed by atoms with Crippen molar-refractivity contribution < 1.29 is 34.2 Å². The van der Waals surface area contributed by atoms with Gasteiger partial charge in [-0.3, -0.25) is 24.5 Å². The van der Waals surface area contributed by atoms with Crippen LogP contribution in [0, 0.1) is 0 Å². The lowest BCUT2D eigenvalue weighted by molar-refractivity contribution is -0.115. The van der Waals surface area contributed by atoms with Crippen molar-refractivity contribution >= 4 is 70.1 Å². The summed E-state index contributed by atoms with van der Waals surface area (Å²) in [7, 11) is 0. The molecule has 2 unspecified atom stereocenters. The van der Waals surface area contributed by atoms with Gasteiger partial charge in [-0.2, -0.15) is 10.2 Å². The van der Waals surface area contributed by atoms with Crippen molar-refractivity contribution in [3.8, 4) is 21.1 Å². The van der Waals surface area contributed by atoms with Gasteiger partial charge in [-0.1, -0.05) is 0 Å². The van der Waals surface area contributed by atoms with Gasteiger partial charge in [0.05, 0.1) is 61.1 Å². The predicted molar refractivity (Wildman–Crippen MR) is 191 cm³/mol. The summed E-state index contributed by atoms with van der Waals surface area (Å²) in [5.74, 6) is -1.02. The third-order valence-corrected chi connectivity index (χ3v) is 9.43. The lowest BCUT2D eigenvalue weighted by atomic mass is 10.2. The van der Waals surface area contributed by atoms with Gasteiger partial charge in [0, 0.05) is 31.0 Å². The molecule has 0 aliphatic carbocycles. The van der Waals surface area contributed by atoms with Crippen molar-refractivity contribution in [3.05, 3.63) is 87.8 Å². The van der Waals surface area contributed by atoms with Crippen LogP contribution in [0.25, 0.3) is 38.5 Å². The molecule has 0 bridgehead atoms. The van der Waals surface area contributed by atoms with E-state index in [0.29, 0.717) is 49.8 Å². The summed E-state index contributed by atoms with van der Waals surface area (Å²) in [5.41, 5.74) is 3.37. The minimum absolute atomic E-state index is 0.116. The second kappa shape index (κ2) is 15.4. The van der Waals surface area contributed by atoms with Gasteiger partial charge in [-0.15, -0.1) is 22.7 Å². The topological polar surface area (TPSA) is 234 Å². The minimum atomic E-state index is -0.622. The van der Waals surface area contributed by atoms with Crippen LogP contribution in [0.15, 0.2) is 66.9 Å². The number of nitrogens with zero attached hydrogens (tertiary/aromatic N) is 6. The summed E-state index contributed by atoms with van der Waals surface area (Å²) in [4.78, 5) is 69.8. The maximum Gasteiger partial charge on any atom is 0.326 e. The van der Waals surface area contributed by atoms with E-state index in [4.69, 9.17) is 0 Å². The summed E-state index contributed by atoms with van der Waals surface area (Å²) in [5, 5.41) is 36.6.